The van der Waals surface area contributed by atoms with Crippen molar-refractivity contribution in [1.29, 1.82) is 0 Å². The second kappa shape index (κ2) is 7.72. The summed E-state index contributed by atoms with van der Waals surface area (Å²) in [6.45, 7) is 5.90. The molecule has 0 unspecified atom stereocenters. The summed E-state index contributed by atoms with van der Waals surface area (Å²) in [7, 11) is 0. The summed E-state index contributed by atoms with van der Waals surface area (Å²) >= 11 is 3.53. The second-order valence-electron chi connectivity index (χ2n) is 4.65. The number of ether oxygens (including phenoxy) is 1. The van der Waals surface area contributed by atoms with Crippen LogP contribution in [-0.4, -0.2) is 13.2 Å². The normalized spacial score (nSPS) is 10.9. The molecule has 0 fully saturated rings. The lowest BCUT2D eigenvalue weighted by molar-refractivity contribution is 0.293. The van der Waals surface area contributed by atoms with Crippen LogP contribution in [0.4, 0.5) is 0 Å². The molecule has 0 aliphatic heterocycles. The van der Waals surface area contributed by atoms with Crippen molar-refractivity contribution < 1.29 is 4.74 Å². The highest BCUT2D eigenvalue weighted by molar-refractivity contribution is 9.10. The van der Waals surface area contributed by atoms with Crippen LogP contribution in [0.15, 0.2) is 22.7 Å². The molecule has 0 amide bonds. The molecule has 0 aliphatic carbocycles. The van der Waals surface area contributed by atoms with E-state index < -0.39 is 0 Å². The molecule has 17 heavy (non-hydrogen) atoms. The average Bonchev–Trinajstić information content (AvgIpc) is 2.27. The van der Waals surface area contributed by atoms with Gasteiger partial charge in [0.25, 0.3) is 0 Å². The van der Waals surface area contributed by atoms with Crippen LogP contribution in [0.1, 0.15) is 32.3 Å². The molecule has 3 heteroatoms. The van der Waals surface area contributed by atoms with E-state index in [9.17, 15) is 0 Å². The molecule has 1 aromatic rings. The number of hydrogen-bond donors (Lipinski definition) is 1. The Kier molecular flexibility index (Phi) is 6.60. The zero-order valence-corrected chi connectivity index (χ0v) is 12.3. The lowest BCUT2D eigenvalue weighted by atomic mass is 10.1. The average molecular weight is 300 g/mol. The first-order valence-electron chi connectivity index (χ1n) is 6.25. The second-order valence-corrected chi connectivity index (χ2v) is 5.51. The van der Waals surface area contributed by atoms with Crippen molar-refractivity contribution in [2.45, 2.75) is 33.1 Å². The van der Waals surface area contributed by atoms with Crippen LogP contribution < -0.4 is 10.5 Å². The van der Waals surface area contributed by atoms with E-state index in [0.29, 0.717) is 6.54 Å². The minimum Gasteiger partial charge on any atom is -0.492 e. The van der Waals surface area contributed by atoms with Gasteiger partial charge in [-0.3, -0.25) is 0 Å². The van der Waals surface area contributed by atoms with Gasteiger partial charge in [0.1, 0.15) is 5.75 Å². The number of halogens is 1. The lowest BCUT2D eigenvalue weighted by Crippen LogP contribution is -2.07. The van der Waals surface area contributed by atoms with E-state index in [1.54, 1.807) is 0 Å². The summed E-state index contributed by atoms with van der Waals surface area (Å²) in [4.78, 5) is 0. The molecule has 0 atom stereocenters. The van der Waals surface area contributed by atoms with Crippen molar-refractivity contribution >= 4 is 15.9 Å². The fourth-order valence-corrected chi connectivity index (χ4v) is 2.26. The van der Waals surface area contributed by atoms with Gasteiger partial charge in [0, 0.05) is 0 Å². The van der Waals surface area contributed by atoms with Crippen LogP contribution in [0.3, 0.4) is 0 Å². The van der Waals surface area contributed by atoms with E-state index in [2.05, 4.69) is 35.8 Å². The molecule has 1 rings (SSSR count). The molecule has 1 aromatic carbocycles. The van der Waals surface area contributed by atoms with Gasteiger partial charge in [-0.2, -0.15) is 0 Å². The summed E-state index contributed by atoms with van der Waals surface area (Å²) < 4.78 is 6.89. The predicted octanol–water partition coefficient (Wildman–Crippen LogP) is 3.77. The van der Waals surface area contributed by atoms with E-state index in [1.165, 1.54) is 12.0 Å². The Morgan fingerprint density at radius 3 is 2.76 bits per heavy atom. The topological polar surface area (TPSA) is 35.2 Å². The molecule has 2 N–H and O–H groups in total. The summed E-state index contributed by atoms with van der Waals surface area (Å²) in [5.41, 5.74) is 6.79. The first-order valence-corrected chi connectivity index (χ1v) is 7.04. The standard InChI is InChI=1S/C14H22BrNO/c1-11(2)5-4-10-17-14-12(8-9-16)6-3-7-13(14)15/h3,6-7,11H,4-5,8-10,16H2,1-2H3. The van der Waals surface area contributed by atoms with Crippen molar-refractivity contribution in [2.75, 3.05) is 13.2 Å². The fraction of sp³-hybridized carbons (Fsp3) is 0.571. The molecule has 0 heterocycles. The Morgan fingerprint density at radius 1 is 1.35 bits per heavy atom. The first kappa shape index (κ1) is 14.5. The third kappa shape index (κ3) is 5.09. The summed E-state index contributed by atoms with van der Waals surface area (Å²) in [5, 5.41) is 0. The number of hydrogen-bond acceptors (Lipinski definition) is 2. The Labute approximate surface area is 113 Å². The molecule has 0 aromatic heterocycles. The molecular weight excluding hydrogens is 278 g/mol. The lowest BCUT2D eigenvalue weighted by Gasteiger charge is -2.13. The van der Waals surface area contributed by atoms with Gasteiger partial charge in [-0.15, -0.1) is 0 Å². The number of rotatable bonds is 7. The van der Waals surface area contributed by atoms with Crippen molar-refractivity contribution in [3.63, 3.8) is 0 Å². The molecular formula is C14H22BrNO. The van der Waals surface area contributed by atoms with Crippen molar-refractivity contribution in [1.82, 2.24) is 0 Å². The fourth-order valence-electron chi connectivity index (χ4n) is 1.73. The van der Waals surface area contributed by atoms with E-state index in [1.807, 2.05) is 12.1 Å². The summed E-state index contributed by atoms with van der Waals surface area (Å²) in [6.07, 6.45) is 3.16. The Hall–Kier alpha value is -0.540. The monoisotopic (exact) mass is 299 g/mol. The van der Waals surface area contributed by atoms with Gasteiger partial charge in [-0.25, -0.2) is 0 Å². The highest BCUT2D eigenvalue weighted by atomic mass is 79.9. The van der Waals surface area contributed by atoms with Crippen molar-refractivity contribution in [3.05, 3.63) is 28.2 Å². The summed E-state index contributed by atoms with van der Waals surface area (Å²) in [6, 6.07) is 6.11. The minimum absolute atomic E-state index is 0.652. The van der Waals surface area contributed by atoms with Gasteiger partial charge < -0.3 is 10.5 Å². The number of benzene rings is 1. The molecule has 96 valence electrons. The van der Waals surface area contributed by atoms with E-state index >= 15 is 0 Å². The molecule has 0 spiro atoms. The van der Waals surface area contributed by atoms with Crippen molar-refractivity contribution in [3.8, 4) is 5.75 Å². The largest absolute Gasteiger partial charge is 0.492 e. The smallest absolute Gasteiger partial charge is 0.136 e. The molecule has 0 saturated carbocycles. The molecule has 0 bridgehead atoms. The van der Waals surface area contributed by atoms with Crippen LogP contribution in [0, 0.1) is 5.92 Å². The maximum Gasteiger partial charge on any atom is 0.136 e. The third-order valence-electron chi connectivity index (χ3n) is 2.63. The SMILES string of the molecule is CC(C)CCCOc1c(Br)cccc1CCN. The predicted molar refractivity (Wildman–Crippen MR) is 76.5 cm³/mol. The molecule has 0 aliphatic rings. The van der Waals surface area contributed by atoms with E-state index in [-0.39, 0.29) is 0 Å². The Bertz CT molecular complexity index is 339. The highest BCUT2D eigenvalue weighted by Gasteiger charge is 2.07. The van der Waals surface area contributed by atoms with Crippen LogP contribution in [0.5, 0.6) is 5.75 Å². The number of nitrogens with two attached hydrogens (primary N) is 1. The number of para-hydroxylation sites is 1. The van der Waals surface area contributed by atoms with E-state index in [4.69, 9.17) is 10.5 Å². The quantitative estimate of drug-likeness (QED) is 0.778. The van der Waals surface area contributed by atoms with Gasteiger partial charge >= 0.3 is 0 Å². The highest BCUT2D eigenvalue weighted by Crippen LogP contribution is 2.29. The molecule has 0 saturated heterocycles. The van der Waals surface area contributed by atoms with Crippen LogP contribution in [0.2, 0.25) is 0 Å². The van der Waals surface area contributed by atoms with Gasteiger partial charge in [-0.1, -0.05) is 26.0 Å². The Morgan fingerprint density at radius 2 is 2.12 bits per heavy atom. The van der Waals surface area contributed by atoms with Crippen LogP contribution >= 0.6 is 15.9 Å². The van der Waals surface area contributed by atoms with Crippen LogP contribution in [-0.2, 0) is 6.42 Å². The molecule has 2 nitrogen and oxygen atoms in total. The maximum atomic E-state index is 5.87. The van der Waals surface area contributed by atoms with E-state index in [0.717, 1.165) is 35.6 Å². The zero-order chi connectivity index (χ0) is 12.7. The van der Waals surface area contributed by atoms with Gasteiger partial charge in [0.05, 0.1) is 11.1 Å². The third-order valence-corrected chi connectivity index (χ3v) is 3.26. The molecule has 0 radical (unpaired) electrons. The summed E-state index contributed by atoms with van der Waals surface area (Å²) in [5.74, 6) is 1.70. The van der Waals surface area contributed by atoms with Crippen molar-refractivity contribution in [2.24, 2.45) is 11.7 Å². The Balaban J connectivity index is 2.56. The minimum atomic E-state index is 0.652. The first-order chi connectivity index (χ1) is 8.15. The van der Waals surface area contributed by atoms with Gasteiger partial charge in [0.15, 0.2) is 0 Å². The zero-order valence-electron chi connectivity index (χ0n) is 10.7. The van der Waals surface area contributed by atoms with Crippen LogP contribution in [0.25, 0.3) is 0 Å². The maximum absolute atomic E-state index is 5.87. The van der Waals surface area contributed by atoms with Gasteiger partial charge in [-0.05, 0) is 59.3 Å². The van der Waals surface area contributed by atoms with Gasteiger partial charge in [0.2, 0.25) is 0 Å².